The Bertz CT molecular complexity index is 576. The van der Waals surface area contributed by atoms with Crippen LogP contribution in [0.4, 0.5) is 5.82 Å². The molecule has 1 saturated heterocycles. The predicted octanol–water partition coefficient (Wildman–Crippen LogP) is 1.60. The second-order valence-electron chi connectivity index (χ2n) is 5.90. The summed E-state index contributed by atoms with van der Waals surface area (Å²) in [4.78, 5) is 19.2. The van der Waals surface area contributed by atoms with Crippen molar-refractivity contribution in [1.82, 2.24) is 4.98 Å². The van der Waals surface area contributed by atoms with E-state index in [2.05, 4.69) is 11.8 Å². The van der Waals surface area contributed by atoms with Crippen LogP contribution in [0.25, 0.3) is 0 Å². The molecule has 0 amide bonds. The minimum atomic E-state index is -0.299. The van der Waals surface area contributed by atoms with E-state index in [1.807, 2.05) is 6.07 Å². The molecule has 126 valence electrons. The molecule has 0 saturated carbocycles. The standard InChI is InChI=1S/C17H24N2O4/c1-3-12-11-19(6-9-23-12)16-10-14(17(20)21-2)13-4-7-22-8-5-15(13)18-16/h10,12H,3-9,11H2,1-2H3/t12-/m1/s1. The molecule has 3 heterocycles. The third-order valence-corrected chi connectivity index (χ3v) is 4.50. The smallest absolute Gasteiger partial charge is 0.338 e. The summed E-state index contributed by atoms with van der Waals surface area (Å²) in [6.07, 6.45) is 2.62. The Morgan fingerprint density at radius 2 is 2.22 bits per heavy atom. The number of hydrogen-bond donors (Lipinski definition) is 0. The lowest BCUT2D eigenvalue weighted by Crippen LogP contribution is -2.42. The van der Waals surface area contributed by atoms with Crippen LogP contribution in [0.3, 0.4) is 0 Å². The number of anilines is 1. The maximum Gasteiger partial charge on any atom is 0.338 e. The van der Waals surface area contributed by atoms with E-state index in [-0.39, 0.29) is 12.1 Å². The van der Waals surface area contributed by atoms with Crippen molar-refractivity contribution in [3.8, 4) is 0 Å². The second kappa shape index (κ2) is 7.27. The van der Waals surface area contributed by atoms with Gasteiger partial charge in [0.2, 0.25) is 0 Å². The highest BCUT2D eigenvalue weighted by molar-refractivity contribution is 5.92. The first-order valence-electron chi connectivity index (χ1n) is 8.28. The van der Waals surface area contributed by atoms with E-state index in [4.69, 9.17) is 19.2 Å². The number of carbonyl (C=O) groups is 1. The van der Waals surface area contributed by atoms with Crippen molar-refractivity contribution in [1.29, 1.82) is 0 Å². The monoisotopic (exact) mass is 320 g/mol. The summed E-state index contributed by atoms with van der Waals surface area (Å²) >= 11 is 0. The van der Waals surface area contributed by atoms with E-state index in [1.54, 1.807) is 0 Å². The van der Waals surface area contributed by atoms with Gasteiger partial charge in [0.25, 0.3) is 0 Å². The van der Waals surface area contributed by atoms with Crippen molar-refractivity contribution in [2.45, 2.75) is 32.3 Å². The fraction of sp³-hybridized carbons (Fsp3) is 0.647. The zero-order valence-corrected chi connectivity index (χ0v) is 13.8. The Morgan fingerprint density at radius 1 is 1.39 bits per heavy atom. The van der Waals surface area contributed by atoms with E-state index < -0.39 is 0 Å². The fourth-order valence-corrected chi connectivity index (χ4v) is 3.17. The molecule has 0 radical (unpaired) electrons. The summed E-state index contributed by atoms with van der Waals surface area (Å²) < 4.78 is 16.2. The number of methoxy groups -OCH3 is 1. The van der Waals surface area contributed by atoms with Crippen LogP contribution < -0.4 is 4.90 Å². The quantitative estimate of drug-likeness (QED) is 0.789. The normalized spacial score (nSPS) is 21.5. The van der Waals surface area contributed by atoms with Crippen LogP contribution in [0.2, 0.25) is 0 Å². The van der Waals surface area contributed by atoms with Crippen LogP contribution in [-0.4, -0.2) is 57.1 Å². The highest BCUT2D eigenvalue weighted by Gasteiger charge is 2.25. The number of aromatic nitrogens is 1. The summed E-state index contributed by atoms with van der Waals surface area (Å²) in [6, 6.07) is 1.87. The maximum atomic E-state index is 12.2. The third kappa shape index (κ3) is 3.48. The molecule has 3 rings (SSSR count). The number of fused-ring (bicyclic) bond motifs is 1. The highest BCUT2D eigenvalue weighted by atomic mass is 16.5. The van der Waals surface area contributed by atoms with Gasteiger partial charge in [-0.05, 0) is 24.5 Å². The first kappa shape index (κ1) is 16.2. The minimum Gasteiger partial charge on any atom is -0.465 e. The molecule has 2 aliphatic rings. The number of hydrogen-bond acceptors (Lipinski definition) is 6. The minimum absolute atomic E-state index is 0.217. The van der Waals surface area contributed by atoms with Crippen LogP contribution >= 0.6 is 0 Å². The Morgan fingerprint density at radius 3 is 3.00 bits per heavy atom. The summed E-state index contributed by atoms with van der Waals surface area (Å²) in [5, 5.41) is 0. The predicted molar refractivity (Wildman–Crippen MR) is 86.0 cm³/mol. The van der Waals surface area contributed by atoms with Crippen LogP contribution in [0, 0.1) is 0 Å². The topological polar surface area (TPSA) is 60.9 Å². The van der Waals surface area contributed by atoms with Crippen LogP contribution in [-0.2, 0) is 27.1 Å². The molecule has 23 heavy (non-hydrogen) atoms. The lowest BCUT2D eigenvalue weighted by molar-refractivity contribution is 0.0381. The van der Waals surface area contributed by atoms with Crippen molar-refractivity contribution in [3.05, 3.63) is 22.9 Å². The summed E-state index contributed by atoms with van der Waals surface area (Å²) in [7, 11) is 1.42. The molecule has 0 unspecified atom stereocenters. The molecule has 1 fully saturated rings. The van der Waals surface area contributed by atoms with Crippen molar-refractivity contribution in [2.75, 3.05) is 44.9 Å². The summed E-state index contributed by atoms with van der Waals surface area (Å²) in [6.45, 7) is 5.67. The van der Waals surface area contributed by atoms with E-state index >= 15 is 0 Å². The summed E-state index contributed by atoms with van der Waals surface area (Å²) in [5.74, 6) is 0.542. The number of ether oxygens (including phenoxy) is 3. The number of morpholine rings is 1. The first-order valence-corrected chi connectivity index (χ1v) is 8.28. The average molecular weight is 320 g/mol. The molecular formula is C17H24N2O4. The molecular weight excluding hydrogens is 296 g/mol. The molecule has 2 aliphatic heterocycles. The van der Waals surface area contributed by atoms with E-state index in [0.717, 1.165) is 43.0 Å². The average Bonchev–Trinajstić information content (AvgIpc) is 2.85. The number of pyridine rings is 1. The van der Waals surface area contributed by atoms with Gasteiger partial charge in [0.15, 0.2) is 0 Å². The van der Waals surface area contributed by atoms with Gasteiger partial charge in [-0.3, -0.25) is 0 Å². The first-order chi connectivity index (χ1) is 11.2. The van der Waals surface area contributed by atoms with Crippen molar-refractivity contribution < 1.29 is 19.0 Å². The van der Waals surface area contributed by atoms with Gasteiger partial charge >= 0.3 is 5.97 Å². The number of rotatable bonds is 3. The molecule has 0 N–H and O–H groups in total. The largest absolute Gasteiger partial charge is 0.465 e. The maximum absolute atomic E-state index is 12.2. The molecule has 1 atom stereocenters. The Hall–Kier alpha value is -1.66. The van der Waals surface area contributed by atoms with Gasteiger partial charge in [-0.15, -0.1) is 0 Å². The van der Waals surface area contributed by atoms with Crippen LogP contribution in [0.15, 0.2) is 6.07 Å². The zero-order valence-electron chi connectivity index (χ0n) is 13.8. The molecule has 0 aliphatic carbocycles. The molecule has 1 aromatic rings. The molecule has 0 bridgehead atoms. The SMILES string of the molecule is CC[C@@H]1CN(c2cc(C(=O)OC)c3c(n2)CCOCC3)CCO1. The summed E-state index contributed by atoms with van der Waals surface area (Å²) in [5.41, 5.74) is 2.55. The van der Waals surface area contributed by atoms with Gasteiger partial charge in [-0.25, -0.2) is 9.78 Å². The number of esters is 1. The fourth-order valence-electron chi connectivity index (χ4n) is 3.17. The van der Waals surface area contributed by atoms with Gasteiger partial charge in [0.1, 0.15) is 5.82 Å². The Kier molecular flexibility index (Phi) is 5.13. The Balaban J connectivity index is 1.97. The number of nitrogens with zero attached hydrogens (tertiary/aromatic N) is 2. The number of carbonyl (C=O) groups excluding carboxylic acids is 1. The second-order valence-corrected chi connectivity index (χ2v) is 5.90. The zero-order chi connectivity index (χ0) is 16.2. The molecule has 0 aromatic carbocycles. The molecule has 1 aromatic heterocycles. The van der Waals surface area contributed by atoms with E-state index in [1.165, 1.54) is 7.11 Å². The Labute approximate surface area is 136 Å². The van der Waals surface area contributed by atoms with E-state index in [0.29, 0.717) is 31.8 Å². The third-order valence-electron chi connectivity index (χ3n) is 4.50. The van der Waals surface area contributed by atoms with Crippen molar-refractivity contribution in [3.63, 3.8) is 0 Å². The van der Waals surface area contributed by atoms with Gasteiger partial charge < -0.3 is 19.1 Å². The van der Waals surface area contributed by atoms with Crippen LogP contribution in [0.5, 0.6) is 0 Å². The lowest BCUT2D eigenvalue weighted by atomic mass is 10.0. The van der Waals surface area contributed by atoms with Crippen molar-refractivity contribution in [2.24, 2.45) is 0 Å². The highest BCUT2D eigenvalue weighted by Crippen LogP contribution is 2.25. The van der Waals surface area contributed by atoms with Gasteiger partial charge in [-0.1, -0.05) is 6.92 Å². The van der Waals surface area contributed by atoms with E-state index in [9.17, 15) is 4.79 Å². The lowest BCUT2D eigenvalue weighted by Gasteiger charge is -2.34. The van der Waals surface area contributed by atoms with Crippen molar-refractivity contribution >= 4 is 11.8 Å². The van der Waals surface area contributed by atoms with Gasteiger partial charge in [0, 0.05) is 25.2 Å². The van der Waals surface area contributed by atoms with Gasteiger partial charge in [-0.2, -0.15) is 0 Å². The van der Waals surface area contributed by atoms with Gasteiger partial charge in [0.05, 0.1) is 38.6 Å². The molecule has 6 nitrogen and oxygen atoms in total. The molecule has 6 heteroatoms. The molecule has 0 spiro atoms. The van der Waals surface area contributed by atoms with Crippen LogP contribution in [0.1, 0.15) is 35.0 Å².